The zero-order valence-electron chi connectivity index (χ0n) is 11.1. The van der Waals surface area contributed by atoms with Crippen LogP contribution in [0.3, 0.4) is 0 Å². The van der Waals surface area contributed by atoms with E-state index in [0.29, 0.717) is 6.42 Å². The predicted molar refractivity (Wildman–Crippen MR) is 66.8 cm³/mol. The van der Waals surface area contributed by atoms with E-state index in [1.54, 1.807) is 6.92 Å². The molecule has 0 aromatic carbocycles. The molecule has 6 heteroatoms. The van der Waals surface area contributed by atoms with Crippen molar-refractivity contribution >= 4 is 17.9 Å². The first-order valence-corrected chi connectivity index (χ1v) is 5.74. The Morgan fingerprint density at radius 3 is 2.05 bits per heavy atom. The van der Waals surface area contributed by atoms with Crippen LogP contribution in [-0.4, -0.2) is 30.3 Å². The van der Waals surface area contributed by atoms with Crippen LogP contribution in [0.2, 0.25) is 0 Å². The summed E-state index contributed by atoms with van der Waals surface area (Å²) in [6, 6.07) is 0. The van der Waals surface area contributed by atoms with Crippen molar-refractivity contribution in [2.75, 3.05) is 0 Å². The number of rotatable bonds is 8. The molecule has 6 nitrogen and oxygen atoms in total. The second-order valence-electron chi connectivity index (χ2n) is 3.69. The summed E-state index contributed by atoms with van der Waals surface area (Å²) in [5, 5.41) is 0. The van der Waals surface area contributed by atoms with E-state index in [2.05, 4.69) is 17.9 Å². The van der Waals surface area contributed by atoms with E-state index in [9.17, 15) is 14.4 Å². The highest BCUT2D eigenvalue weighted by Crippen LogP contribution is 2.05. The van der Waals surface area contributed by atoms with Gasteiger partial charge in [-0.3, -0.25) is 4.79 Å². The third kappa shape index (κ3) is 8.59. The van der Waals surface area contributed by atoms with Crippen molar-refractivity contribution in [3.8, 4) is 0 Å². The molecule has 0 aromatic rings. The van der Waals surface area contributed by atoms with E-state index in [4.69, 9.17) is 9.47 Å². The molecule has 106 valence electrons. The Morgan fingerprint density at radius 2 is 1.53 bits per heavy atom. The Bertz CT molecular complexity index is 360. The van der Waals surface area contributed by atoms with Gasteiger partial charge in [0, 0.05) is 25.5 Å². The number of hydrogen-bond donors (Lipinski definition) is 0. The molecule has 0 fully saturated rings. The van der Waals surface area contributed by atoms with Crippen LogP contribution in [0.4, 0.5) is 0 Å². The Hall–Kier alpha value is -2.11. The number of carbonyl (C=O) groups excluding carboxylic acids is 3. The van der Waals surface area contributed by atoms with Crippen molar-refractivity contribution < 1.29 is 28.6 Å². The van der Waals surface area contributed by atoms with Crippen LogP contribution in [0, 0.1) is 0 Å². The molecule has 0 spiro atoms. The maximum atomic E-state index is 11.4. The molecule has 0 heterocycles. The third-order valence-corrected chi connectivity index (χ3v) is 1.99. The highest BCUT2D eigenvalue weighted by atomic mass is 16.7. The summed E-state index contributed by atoms with van der Waals surface area (Å²) < 4.78 is 14.3. The third-order valence-electron chi connectivity index (χ3n) is 1.99. The van der Waals surface area contributed by atoms with Crippen LogP contribution in [0.5, 0.6) is 0 Å². The van der Waals surface area contributed by atoms with Gasteiger partial charge in [0.05, 0.1) is 6.10 Å². The van der Waals surface area contributed by atoms with Crippen LogP contribution in [0.25, 0.3) is 0 Å². The van der Waals surface area contributed by atoms with Gasteiger partial charge < -0.3 is 14.2 Å². The van der Waals surface area contributed by atoms with Crippen LogP contribution in [-0.2, 0) is 28.6 Å². The summed E-state index contributed by atoms with van der Waals surface area (Å²) in [7, 11) is 0. The minimum Gasteiger partial charge on any atom is -0.460 e. The monoisotopic (exact) mass is 270 g/mol. The SMILES string of the molecule is C=CC(=O)OC(C)CCC(=O)OC(C)OC(=O)C=C. The van der Waals surface area contributed by atoms with Crippen molar-refractivity contribution in [3.05, 3.63) is 25.3 Å². The Kier molecular flexibility index (Phi) is 7.92. The molecule has 0 aliphatic carbocycles. The van der Waals surface area contributed by atoms with Crippen LogP contribution < -0.4 is 0 Å². The van der Waals surface area contributed by atoms with E-state index in [-0.39, 0.29) is 6.42 Å². The molecule has 0 aliphatic rings. The summed E-state index contributed by atoms with van der Waals surface area (Å²) in [4.78, 5) is 33.1. The number of carbonyl (C=O) groups is 3. The summed E-state index contributed by atoms with van der Waals surface area (Å²) in [5.41, 5.74) is 0. The summed E-state index contributed by atoms with van der Waals surface area (Å²) in [6.07, 6.45) is 0.961. The number of ether oxygens (including phenoxy) is 3. The highest BCUT2D eigenvalue weighted by molar-refractivity contribution is 5.81. The van der Waals surface area contributed by atoms with Gasteiger partial charge in [0.25, 0.3) is 0 Å². The average Bonchev–Trinajstić information content (AvgIpc) is 2.35. The fourth-order valence-corrected chi connectivity index (χ4v) is 1.11. The first-order valence-electron chi connectivity index (χ1n) is 5.74. The smallest absolute Gasteiger partial charge is 0.333 e. The molecule has 0 amide bonds. The lowest BCUT2D eigenvalue weighted by molar-refractivity contribution is -0.181. The Balaban J connectivity index is 3.91. The van der Waals surface area contributed by atoms with Gasteiger partial charge >= 0.3 is 17.9 Å². The van der Waals surface area contributed by atoms with Crippen molar-refractivity contribution in [2.45, 2.75) is 39.1 Å². The molecule has 0 N–H and O–H groups in total. The fourth-order valence-electron chi connectivity index (χ4n) is 1.11. The molecule has 2 unspecified atom stereocenters. The topological polar surface area (TPSA) is 78.9 Å². The first kappa shape index (κ1) is 16.9. The first-order chi connectivity index (χ1) is 8.88. The molecule has 0 aliphatic heterocycles. The molecule has 0 rings (SSSR count). The average molecular weight is 270 g/mol. The van der Waals surface area contributed by atoms with Crippen molar-refractivity contribution in [1.82, 2.24) is 0 Å². The van der Waals surface area contributed by atoms with E-state index in [0.717, 1.165) is 12.2 Å². The second kappa shape index (κ2) is 8.91. The van der Waals surface area contributed by atoms with Gasteiger partial charge in [-0.05, 0) is 13.3 Å². The minimum absolute atomic E-state index is 0.0432. The Morgan fingerprint density at radius 1 is 1.00 bits per heavy atom. The van der Waals surface area contributed by atoms with E-state index >= 15 is 0 Å². The molecular formula is C13H18O6. The number of hydrogen-bond acceptors (Lipinski definition) is 6. The van der Waals surface area contributed by atoms with E-state index in [1.165, 1.54) is 6.92 Å². The van der Waals surface area contributed by atoms with Crippen molar-refractivity contribution in [3.63, 3.8) is 0 Å². The van der Waals surface area contributed by atoms with E-state index in [1.807, 2.05) is 0 Å². The normalized spacial score (nSPS) is 12.7. The maximum Gasteiger partial charge on any atom is 0.333 e. The second-order valence-corrected chi connectivity index (χ2v) is 3.69. The lowest BCUT2D eigenvalue weighted by Crippen LogP contribution is -2.22. The molecule has 2 atom stereocenters. The van der Waals surface area contributed by atoms with Gasteiger partial charge in [-0.1, -0.05) is 13.2 Å². The molecule has 0 saturated carbocycles. The lowest BCUT2D eigenvalue weighted by atomic mass is 10.2. The van der Waals surface area contributed by atoms with Crippen LogP contribution in [0.1, 0.15) is 26.7 Å². The van der Waals surface area contributed by atoms with Gasteiger partial charge in [0.1, 0.15) is 0 Å². The Labute approximate surface area is 112 Å². The van der Waals surface area contributed by atoms with Gasteiger partial charge in [-0.15, -0.1) is 0 Å². The van der Waals surface area contributed by atoms with Gasteiger partial charge in [0.2, 0.25) is 6.29 Å². The molecule has 0 radical (unpaired) electrons. The maximum absolute atomic E-state index is 11.4. The standard InChI is InChI=1S/C13H18O6/c1-5-11(14)17-9(3)7-8-13(16)19-10(4)18-12(15)6-2/h5-6,9-10H,1-2,7-8H2,3-4H3. The summed E-state index contributed by atoms with van der Waals surface area (Å²) in [5.74, 6) is -1.77. The summed E-state index contributed by atoms with van der Waals surface area (Å²) in [6.45, 7) is 9.54. The molecule has 0 saturated heterocycles. The van der Waals surface area contributed by atoms with Gasteiger partial charge in [-0.25, -0.2) is 9.59 Å². The largest absolute Gasteiger partial charge is 0.460 e. The van der Waals surface area contributed by atoms with Crippen molar-refractivity contribution in [1.29, 1.82) is 0 Å². The predicted octanol–water partition coefficient (Wildman–Crippen LogP) is 1.50. The summed E-state index contributed by atoms with van der Waals surface area (Å²) >= 11 is 0. The van der Waals surface area contributed by atoms with Gasteiger partial charge in [-0.2, -0.15) is 0 Å². The molecular weight excluding hydrogens is 252 g/mol. The van der Waals surface area contributed by atoms with Crippen molar-refractivity contribution in [2.24, 2.45) is 0 Å². The lowest BCUT2D eigenvalue weighted by Gasteiger charge is -2.14. The van der Waals surface area contributed by atoms with Gasteiger partial charge in [0.15, 0.2) is 0 Å². The van der Waals surface area contributed by atoms with Crippen LogP contribution in [0.15, 0.2) is 25.3 Å². The highest BCUT2D eigenvalue weighted by Gasteiger charge is 2.14. The molecule has 19 heavy (non-hydrogen) atoms. The van der Waals surface area contributed by atoms with E-state index < -0.39 is 30.3 Å². The zero-order chi connectivity index (χ0) is 14.8. The minimum atomic E-state index is -0.982. The fraction of sp³-hybridized carbons (Fsp3) is 0.462. The molecule has 0 bridgehead atoms. The quantitative estimate of drug-likeness (QED) is 0.378. The zero-order valence-corrected chi connectivity index (χ0v) is 11.1. The van der Waals surface area contributed by atoms with Crippen LogP contribution >= 0.6 is 0 Å². The number of esters is 3. The molecule has 0 aromatic heterocycles.